The van der Waals surface area contributed by atoms with Crippen molar-refractivity contribution >= 4 is 17.3 Å². The largest absolute Gasteiger partial charge is 0.376 e. The maximum absolute atomic E-state index is 12.2. The molecule has 122 valence electrons. The van der Waals surface area contributed by atoms with Gasteiger partial charge in [-0.3, -0.25) is 4.79 Å². The maximum Gasteiger partial charge on any atom is 0.243 e. The number of amides is 1. The Morgan fingerprint density at radius 2 is 1.57 bits per heavy atom. The van der Waals surface area contributed by atoms with Gasteiger partial charge in [0.05, 0.1) is 6.54 Å². The topological polar surface area (TPSA) is 41.1 Å². The molecule has 0 saturated heterocycles. The number of hydrogen-bond donors (Lipinski definition) is 2. The quantitative estimate of drug-likeness (QED) is 0.847. The lowest BCUT2D eigenvalue weighted by atomic mass is 9.86. The van der Waals surface area contributed by atoms with E-state index in [-0.39, 0.29) is 17.9 Å². The molecule has 2 rings (SSSR count). The van der Waals surface area contributed by atoms with Gasteiger partial charge in [0.2, 0.25) is 5.91 Å². The van der Waals surface area contributed by atoms with Gasteiger partial charge in [-0.2, -0.15) is 0 Å². The van der Waals surface area contributed by atoms with Crippen LogP contribution in [0.15, 0.2) is 48.5 Å². The van der Waals surface area contributed by atoms with Crippen molar-refractivity contribution in [3.05, 3.63) is 59.7 Å². The summed E-state index contributed by atoms with van der Waals surface area (Å²) in [7, 11) is 0. The first kappa shape index (κ1) is 17.1. The molecule has 2 aromatic carbocycles. The third kappa shape index (κ3) is 4.59. The smallest absolute Gasteiger partial charge is 0.243 e. The van der Waals surface area contributed by atoms with Crippen molar-refractivity contribution in [1.29, 1.82) is 0 Å². The highest BCUT2D eigenvalue weighted by Gasteiger charge is 2.17. The van der Waals surface area contributed by atoms with E-state index in [1.807, 2.05) is 42.5 Å². The average molecular weight is 310 g/mol. The summed E-state index contributed by atoms with van der Waals surface area (Å²) in [5.74, 6) is -0.0328. The van der Waals surface area contributed by atoms with Gasteiger partial charge in [-0.15, -0.1) is 0 Å². The molecule has 2 N–H and O–H groups in total. The van der Waals surface area contributed by atoms with E-state index in [2.05, 4.69) is 44.4 Å². The van der Waals surface area contributed by atoms with Crippen molar-refractivity contribution in [2.24, 2.45) is 0 Å². The van der Waals surface area contributed by atoms with Crippen LogP contribution >= 0.6 is 0 Å². The Kier molecular flexibility index (Phi) is 5.43. The molecule has 0 unspecified atom stereocenters. The molecule has 0 fully saturated rings. The van der Waals surface area contributed by atoms with E-state index in [4.69, 9.17) is 0 Å². The minimum Gasteiger partial charge on any atom is -0.376 e. The molecule has 0 spiro atoms. The van der Waals surface area contributed by atoms with Gasteiger partial charge in [0.1, 0.15) is 0 Å². The van der Waals surface area contributed by atoms with Crippen molar-refractivity contribution in [3.63, 3.8) is 0 Å². The Labute approximate surface area is 139 Å². The first-order valence-electron chi connectivity index (χ1n) is 8.13. The fourth-order valence-corrected chi connectivity index (χ4v) is 2.61. The molecule has 0 radical (unpaired) electrons. The van der Waals surface area contributed by atoms with Gasteiger partial charge in [-0.1, -0.05) is 64.1 Å². The van der Waals surface area contributed by atoms with E-state index in [1.54, 1.807) is 0 Å². The van der Waals surface area contributed by atoms with Gasteiger partial charge in [0.15, 0.2) is 0 Å². The fraction of sp³-hybridized carbons (Fsp3) is 0.350. The van der Waals surface area contributed by atoms with Crippen molar-refractivity contribution < 1.29 is 4.79 Å². The molecule has 0 heterocycles. The SMILES string of the molecule is CCc1ccccc1NC(=O)CNc1ccccc1C(C)(C)C. The van der Waals surface area contributed by atoms with Crippen LogP contribution < -0.4 is 10.6 Å². The number of benzene rings is 2. The van der Waals surface area contributed by atoms with Gasteiger partial charge in [0.25, 0.3) is 0 Å². The number of aryl methyl sites for hydroxylation is 1. The summed E-state index contributed by atoms with van der Waals surface area (Å²) in [5.41, 5.74) is 4.30. The standard InChI is InChI=1S/C20H26N2O/c1-5-15-10-6-8-12-17(15)22-19(23)14-21-18-13-9-7-11-16(18)20(2,3)4/h6-13,21H,5,14H2,1-4H3,(H,22,23). The number of carbonyl (C=O) groups is 1. The third-order valence-corrected chi connectivity index (χ3v) is 3.85. The van der Waals surface area contributed by atoms with Crippen LogP contribution in [0.1, 0.15) is 38.8 Å². The average Bonchev–Trinajstić information content (AvgIpc) is 2.53. The highest BCUT2D eigenvalue weighted by atomic mass is 16.1. The molecule has 3 nitrogen and oxygen atoms in total. The molecular formula is C20H26N2O. The van der Waals surface area contributed by atoms with Crippen molar-refractivity contribution in [2.45, 2.75) is 39.5 Å². The monoisotopic (exact) mass is 310 g/mol. The molecule has 1 amide bonds. The second-order valence-electron chi connectivity index (χ2n) is 6.71. The predicted octanol–water partition coefficient (Wildman–Crippen LogP) is 4.60. The number of rotatable bonds is 5. The van der Waals surface area contributed by atoms with Crippen molar-refractivity contribution in [2.75, 3.05) is 17.2 Å². The van der Waals surface area contributed by atoms with E-state index >= 15 is 0 Å². The zero-order valence-electron chi connectivity index (χ0n) is 14.4. The van der Waals surface area contributed by atoms with E-state index in [9.17, 15) is 4.79 Å². The molecule has 0 bridgehead atoms. The Morgan fingerprint density at radius 1 is 0.957 bits per heavy atom. The molecular weight excluding hydrogens is 284 g/mol. The number of anilines is 2. The van der Waals surface area contributed by atoms with Crippen LogP contribution in [-0.2, 0) is 16.6 Å². The summed E-state index contributed by atoms with van der Waals surface area (Å²) in [6.45, 7) is 8.86. The molecule has 3 heteroatoms. The van der Waals surface area contributed by atoms with Gasteiger partial charge in [0, 0.05) is 11.4 Å². The van der Waals surface area contributed by atoms with Gasteiger partial charge < -0.3 is 10.6 Å². The highest BCUT2D eigenvalue weighted by Crippen LogP contribution is 2.29. The normalized spacial score (nSPS) is 11.1. The second kappa shape index (κ2) is 7.32. The summed E-state index contributed by atoms with van der Waals surface area (Å²) in [5, 5.41) is 6.25. The number of para-hydroxylation sites is 2. The molecule has 0 atom stereocenters. The second-order valence-corrected chi connectivity index (χ2v) is 6.71. The van der Waals surface area contributed by atoms with E-state index in [0.29, 0.717) is 0 Å². The zero-order valence-corrected chi connectivity index (χ0v) is 14.4. The first-order valence-corrected chi connectivity index (χ1v) is 8.13. The molecule has 2 aromatic rings. The number of nitrogens with one attached hydrogen (secondary N) is 2. The number of carbonyl (C=O) groups excluding carboxylic acids is 1. The summed E-state index contributed by atoms with van der Waals surface area (Å²) in [4.78, 5) is 12.2. The summed E-state index contributed by atoms with van der Waals surface area (Å²) < 4.78 is 0. The molecule has 23 heavy (non-hydrogen) atoms. The molecule has 0 aliphatic heterocycles. The predicted molar refractivity (Wildman–Crippen MR) is 98.1 cm³/mol. The fourth-order valence-electron chi connectivity index (χ4n) is 2.61. The van der Waals surface area contributed by atoms with Crippen LogP contribution in [-0.4, -0.2) is 12.5 Å². The summed E-state index contributed by atoms with van der Waals surface area (Å²) in [6, 6.07) is 16.1. The number of hydrogen-bond acceptors (Lipinski definition) is 2. The minimum absolute atomic E-state index is 0.0328. The lowest BCUT2D eigenvalue weighted by Crippen LogP contribution is -2.24. The van der Waals surface area contributed by atoms with Crippen LogP contribution in [0, 0.1) is 0 Å². The van der Waals surface area contributed by atoms with Gasteiger partial charge >= 0.3 is 0 Å². The molecule has 0 saturated carbocycles. The Hall–Kier alpha value is -2.29. The van der Waals surface area contributed by atoms with Crippen LogP contribution in [0.25, 0.3) is 0 Å². The van der Waals surface area contributed by atoms with Crippen LogP contribution in [0.5, 0.6) is 0 Å². The summed E-state index contributed by atoms with van der Waals surface area (Å²) in [6.07, 6.45) is 0.900. The molecule has 0 aliphatic carbocycles. The van der Waals surface area contributed by atoms with Gasteiger partial charge in [-0.25, -0.2) is 0 Å². The molecule has 0 aromatic heterocycles. The Morgan fingerprint density at radius 3 is 2.22 bits per heavy atom. The Balaban J connectivity index is 2.03. The first-order chi connectivity index (χ1) is 10.9. The van der Waals surface area contributed by atoms with Crippen molar-refractivity contribution in [3.8, 4) is 0 Å². The zero-order chi connectivity index (χ0) is 16.9. The van der Waals surface area contributed by atoms with Crippen LogP contribution in [0.2, 0.25) is 0 Å². The molecule has 0 aliphatic rings. The van der Waals surface area contributed by atoms with Gasteiger partial charge in [-0.05, 0) is 35.1 Å². The third-order valence-electron chi connectivity index (χ3n) is 3.85. The highest BCUT2D eigenvalue weighted by molar-refractivity contribution is 5.94. The Bertz CT molecular complexity index is 671. The van der Waals surface area contributed by atoms with E-state index in [1.165, 1.54) is 5.56 Å². The summed E-state index contributed by atoms with van der Waals surface area (Å²) >= 11 is 0. The van der Waals surface area contributed by atoms with E-state index < -0.39 is 0 Å². The van der Waals surface area contributed by atoms with Crippen molar-refractivity contribution in [1.82, 2.24) is 0 Å². The lowest BCUT2D eigenvalue weighted by Gasteiger charge is -2.23. The van der Waals surface area contributed by atoms with E-state index in [0.717, 1.165) is 23.4 Å². The maximum atomic E-state index is 12.2. The van der Waals surface area contributed by atoms with Crippen LogP contribution in [0.3, 0.4) is 0 Å². The lowest BCUT2D eigenvalue weighted by molar-refractivity contribution is -0.114. The van der Waals surface area contributed by atoms with Crippen LogP contribution in [0.4, 0.5) is 11.4 Å². The minimum atomic E-state index is -0.0328.